The van der Waals surface area contributed by atoms with Gasteiger partial charge in [-0.1, -0.05) is 0 Å². The Kier molecular flexibility index (Phi) is 6.49. The lowest BCUT2D eigenvalue weighted by molar-refractivity contribution is -0.120. The summed E-state index contributed by atoms with van der Waals surface area (Å²) < 4.78 is 5.48. The van der Waals surface area contributed by atoms with Crippen LogP contribution >= 0.6 is 0 Å². The molecule has 84 valence electrons. The Bertz CT molecular complexity index is 170. The molecular weight excluding hydrogens is 180 g/mol. The van der Waals surface area contributed by atoms with Gasteiger partial charge < -0.3 is 15.4 Å². The predicted octanol–water partition coefficient (Wildman–Crippen LogP) is 0.527. The highest BCUT2D eigenvalue weighted by Gasteiger charge is 2.16. The van der Waals surface area contributed by atoms with Crippen molar-refractivity contribution in [2.45, 2.75) is 33.3 Å². The summed E-state index contributed by atoms with van der Waals surface area (Å²) in [5.41, 5.74) is -0.207. The van der Waals surface area contributed by atoms with Crippen molar-refractivity contribution in [2.75, 3.05) is 26.2 Å². The van der Waals surface area contributed by atoms with E-state index in [4.69, 9.17) is 4.74 Å². The lowest BCUT2D eigenvalue weighted by Gasteiger charge is -2.24. The van der Waals surface area contributed by atoms with Gasteiger partial charge in [0.25, 0.3) is 0 Å². The Morgan fingerprint density at radius 2 is 2.00 bits per heavy atom. The van der Waals surface area contributed by atoms with Gasteiger partial charge in [0.15, 0.2) is 0 Å². The molecule has 0 atom stereocenters. The predicted molar refractivity (Wildman–Crippen MR) is 57.3 cm³/mol. The normalized spacial score (nSPS) is 11.4. The number of hydrogen-bond donors (Lipinski definition) is 2. The first-order chi connectivity index (χ1) is 6.52. The van der Waals surface area contributed by atoms with Crippen LogP contribution in [0.15, 0.2) is 0 Å². The summed E-state index contributed by atoms with van der Waals surface area (Å²) in [6, 6.07) is 0. The van der Waals surface area contributed by atoms with Crippen LogP contribution in [-0.4, -0.2) is 37.7 Å². The quantitative estimate of drug-likeness (QED) is 0.633. The van der Waals surface area contributed by atoms with Gasteiger partial charge in [-0.05, 0) is 27.7 Å². The van der Waals surface area contributed by atoms with Crippen molar-refractivity contribution in [3.05, 3.63) is 0 Å². The smallest absolute Gasteiger partial charge is 0.233 e. The molecule has 0 saturated heterocycles. The number of hydrogen-bond acceptors (Lipinski definition) is 3. The Morgan fingerprint density at radius 3 is 2.50 bits per heavy atom. The molecule has 0 rings (SSSR count). The third kappa shape index (κ3) is 6.86. The van der Waals surface area contributed by atoms with Crippen LogP contribution < -0.4 is 10.6 Å². The maximum Gasteiger partial charge on any atom is 0.233 e. The van der Waals surface area contributed by atoms with Crippen LogP contribution in [0.2, 0.25) is 0 Å². The number of carbonyl (C=O) groups is 1. The monoisotopic (exact) mass is 202 g/mol. The van der Waals surface area contributed by atoms with E-state index in [-0.39, 0.29) is 11.5 Å². The molecule has 0 aliphatic rings. The molecule has 0 aliphatic carbocycles. The fourth-order valence-corrected chi connectivity index (χ4v) is 1.18. The van der Waals surface area contributed by atoms with Crippen LogP contribution in [0.3, 0.4) is 0 Å². The lowest BCUT2D eigenvalue weighted by Crippen LogP contribution is -2.42. The summed E-state index contributed by atoms with van der Waals surface area (Å²) in [6.45, 7) is 10.3. The van der Waals surface area contributed by atoms with Gasteiger partial charge in [-0.25, -0.2) is 0 Å². The van der Waals surface area contributed by atoms with E-state index >= 15 is 0 Å². The molecule has 0 saturated carbocycles. The van der Waals surface area contributed by atoms with Crippen LogP contribution in [0.5, 0.6) is 0 Å². The molecule has 0 aliphatic heterocycles. The van der Waals surface area contributed by atoms with E-state index in [0.29, 0.717) is 26.2 Å². The molecule has 0 unspecified atom stereocenters. The van der Waals surface area contributed by atoms with E-state index in [1.165, 1.54) is 0 Å². The first kappa shape index (κ1) is 13.4. The van der Waals surface area contributed by atoms with E-state index in [0.717, 1.165) is 0 Å². The lowest BCUT2D eigenvalue weighted by atomic mass is 10.1. The number of amides is 1. The molecule has 14 heavy (non-hydrogen) atoms. The average molecular weight is 202 g/mol. The van der Waals surface area contributed by atoms with Crippen molar-refractivity contribution in [1.29, 1.82) is 0 Å². The van der Waals surface area contributed by atoms with E-state index in [1.807, 2.05) is 27.7 Å². The van der Waals surface area contributed by atoms with Crippen molar-refractivity contribution in [3.63, 3.8) is 0 Å². The Morgan fingerprint density at radius 1 is 1.36 bits per heavy atom. The molecule has 1 amide bonds. The number of likely N-dealkylation sites (N-methyl/N-ethyl adjacent to an activating group) is 1. The molecule has 4 heteroatoms. The zero-order chi connectivity index (χ0) is 11.0. The molecule has 0 aromatic rings. The van der Waals surface area contributed by atoms with Crippen molar-refractivity contribution in [2.24, 2.45) is 0 Å². The second-order valence-electron chi connectivity index (χ2n) is 3.75. The highest BCUT2D eigenvalue weighted by molar-refractivity contribution is 5.77. The molecule has 0 spiro atoms. The van der Waals surface area contributed by atoms with Gasteiger partial charge in [0.1, 0.15) is 0 Å². The molecule has 0 aromatic carbocycles. The van der Waals surface area contributed by atoms with Crippen LogP contribution in [0.1, 0.15) is 27.7 Å². The van der Waals surface area contributed by atoms with E-state index in [9.17, 15) is 4.79 Å². The molecular formula is C10H22N2O2. The maximum absolute atomic E-state index is 11.1. The van der Waals surface area contributed by atoms with Crippen LogP contribution in [0.4, 0.5) is 0 Å². The zero-order valence-corrected chi connectivity index (χ0v) is 9.64. The van der Waals surface area contributed by atoms with Gasteiger partial charge in [-0.15, -0.1) is 0 Å². The number of nitrogens with one attached hydrogen (secondary N) is 2. The van der Waals surface area contributed by atoms with Crippen molar-refractivity contribution in [3.8, 4) is 0 Å². The van der Waals surface area contributed by atoms with Crippen LogP contribution in [-0.2, 0) is 9.53 Å². The maximum atomic E-state index is 11.1. The Labute approximate surface area is 86.4 Å². The fraction of sp³-hybridized carbons (Fsp3) is 0.900. The van der Waals surface area contributed by atoms with Gasteiger partial charge in [-0.2, -0.15) is 0 Å². The third-order valence-corrected chi connectivity index (χ3v) is 1.75. The molecule has 0 aromatic heterocycles. The number of carbonyl (C=O) groups excluding carboxylic acids is 1. The van der Waals surface area contributed by atoms with Gasteiger partial charge in [0.2, 0.25) is 5.91 Å². The van der Waals surface area contributed by atoms with Gasteiger partial charge in [0.05, 0.1) is 12.1 Å². The Balaban J connectivity index is 3.57. The first-order valence-corrected chi connectivity index (χ1v) is 5.13. The van der Waals surface area contributed by atoms with E-state index in [1.54, 1.807) is 0 Å². The number of rotatable bonds is 7. The SMILES string of the molecule is CCNC(=O)CNCC(C)(C)OCC. The topological polar surface area (TPSA) is 50.4 Å². The molecule has 0 bridgehead atoms. The molecule has 4 nitrogen and oxygen atoms in total. The summed E-state index contributed by atoms with van der Waals surface area (Å²) in [4.78, 5) is 11.1. The highest BCUT2D eigenvalue weighted by Crippen LogP contribution is 2.06. The van der Waals surface area contributed by atoms with Gasteiger partial charge >= 0.3 is 0 Å². The van der Waals surface area contributed by atoms with Gasteiger partial charge in [0, 0.05) is 19.7 Å². The fourth-order valence-electron chi connectivity index (χ4n) is 1.18. The number of ether oxygens (including phenoxy) is 1. The second kappa shape index (κ2) is 6.79. The van der Waals surface area contributed by atoms with Crippen LogP contribution in [0, 0.1) is 0 Å². The second-order valence-corrected chi connectivity index (χ2v) is 3.75. The molecule has 0 fully saturated rings. The third-order valence-electron chi connectivity index (χ3n) is 1.75. The minimum Gasteiger partial charge on any atom is -0.375 e. The Hall–Kier alpha value is -0.610. The molecule has 0 radical (unpaired) electrons. The van der Waals surface area contributed by atoms with Crippen molar-refractivity contribution in [1.82, 2.24) is 10.6 Å². The highest BCUT2D eigenvalue weighted by atomic mass is 16.5. The summed E-state index contributed by atoms with van der Waals surface area (Å²) in [5, 5.41) is 5.78. The van der Waals surface area contributed by atoms with Gasteiger partial charge in [-0.3, -0.25) is 4.79 Å². The summed E-state index contributed by atoms with van der Waals surface area (Å²) in [6.07, 6.45) is 0. The minimum atomic E-state index is -0.207. The average Bonchev–Trinajstić information content (AvgIpc) is 2.03. The largest absolute Gasteiger partial charge is 0.375 e. The van der Waals surface area contributed by atoms with Crippen LogP contribution in [0.25, 0.3) is 0 Å². The zero-order valence-electron chi connectivity index (χ0n) is 9.64. The van der Waals surface area contributed by atoms with Crippen molar-refractivity contribution >= 4 is 5.91 Å². The first-order valence-electron chi connectivity index (χ1n) is 5.13. The molecule has 0 heterocycles. The summed E-state index contributed by atoms with van der Waals surface area (Å²) in [7, 11) is 0. The minimum absolute atomic E-state index is 0.0276. The molecule has 2 N–H and O–H groups in total. The summed E-state index contributed by atoms with van der Waals surface area (Å²) in [5.74, 6) is 0.0276. The van der Waals surface area contributed by atoms with E-state index < -0.39 is 0 Å². The standard InChI is InChI=1S/C10H22N2O2/c1-5-12-9(13)7-11-8-10(3,4)14-6-2/h11H,5-8H2,1-4H3,(H,12,13). The van der Waals surface area contributed by atoms with Crippen molar-refractivity contribution < 1.29 is 9.53 Å². The summed E-state index contributed by atoms with van der Waals surface area (Å²) >= 11 is 0. The van der Waals surface area contributed by atoms with E-state index in [2.05, 4.69) is 10.6 Å².